The maximum Gasteiger partial charge on any atom is 0.246 e. The van der Waals surface area contributed by atoms with Gasteiger partial charge in [-0.25, -0.2) is 0 Å². The van der Waals surface area contributed by atoms with Crippen molar-refractivity contribution in [3.8, 4) is 0 Å². The smallest absolute Gasteiger partial charge is 0.246 e. The van der Waals surface area contributed by atoms with Gasteiger partial charge in [-0.1, -0.05) is 42.4 Å². The summed E-state index contributed by atoms with van der Waals surface area (Å²) < 4.78 is 5.38. The molecule has 2 N–H and O–H groups in total. The molecular weight excluding hydrogens is 238 g/mol. The highest BCUT2D eigenvalue weighted by Crippen LogP contribution is 2.52. The second kappa shape index (κ2) is 4.17. The number of nitrogens with two attached hydrogens (primary N) is 1. The Morgan fingerprint density at radius 3 is 2.58 bits per heavy atom. The third-order valence-corrected chi connectivity index (χ3v) is 4.15. The van der Waals surface area contributed by atoms with Gasteiger partial charge in [0.05, 0.1) is 11.0 Å². The Hall–Kier alpha value is -1.68. The summed E-state index contributed by atoms with van der Waals surface area (Å²) in [6.07, 6.45) is 2.92. The predicted molar refractivity (Wildman–Crippen MR) is 72.6 cm³/mol. The predicted octanol–water partition coefficient (Wildman–Crippen LogP) is 2.73. The Bertz CT molecular complexity index is 570. The lowest BCUT2D eigenvalue weighted by Crippen LogP contribution is -2.32. The summed E-state index contributed by atoms with van der Waals surface area (Å²) >= 11 is 0. The minimum atomic E-state index is -0.544. The molecule has 0 radical (unpaired) electrons. The van der Waals surface area contributed by atoms with Crippen LogP contribution in [0.1, 0.15) is 50.4 Å². The van der Waals surface area contributed by atoms with Crippen molar-refractivity contribution in [2.45, 2.75) is 44.1 Å². The lowest BCUT2D eigenvalue weighted by atomic mass is 9.95. The molecule has 19 heavy (non-hydrogen) atoms. The van der Waals surface area contributed by atoms with E-state index in [1.54, 1.807) is 0 Å². The lowest BCUT2D eigenvalue weighted by Gasteiger charge is -2.16. The standard InChI is InChI=1S/C15H19N3O/c1-3-14(2,16)13-17-12(18-19-13)15(9-10-15)11-7-5-4-6-8-11/h4-8H,3,9-10,16H2,1-2H3. The summed E-state index contributed by atoms with van der Waals surface area (Å²) in [7, 11) is 0. The topological polar surface area (TPSA) is 64.9 Å². The van der Waals surface area contributed by atoms with E-state index in [1.807, 2.05) is 19.9 Å². The number of nitrogens with zero attached hydrogens (tertiary/aromatic N) is 2. The van der Waals surface area contributed by atoms with Crippen molar-refractivity contribution in [1.29, 1.82) is 0 Å². The molecule has 1 aliphatic rings. The van der Waals surface area contributed by atoms with Crippen LogP contribution in [0.25, 0.3) is 0 Å². The summed E-state index contributed by atoms with van der Waals surface area (Å²) in [5.41, 5.74) is 6.83. The second-order valence-electron chi connectivity index (χ2n) is 5.64. The van der Waals surface area contributed by atoms with Crippen LogP contribution in [0.15, 0.2) is 34.9 Å². The van der Waals surface area contributed by atoms with Gasteiger partial charge in [-0.2, -0.15) is 4.98 Å². The molecular formula is C15H19N3O. The van der Waals surface area contributed by atoms with Gasteiger partial charge in [-0.05, 0) is 31.7 Å². The van der Waals surface area contributed by atoms with Gasteiger partial charge in [-0.3, -0.25) is 0 Å². The largest absolute Gasteiger partial charge is 0.337 e. The van der Waals surface area contributed by atoms with Crippen LogP contribution in [0.2, 0.25) is 0 Å². The molecule has 3 rings (SSSR count). The zero-order valence-corrected chi connectivity index (χ0v) is 11.4. The molecule has 1 saturated carbocycles. The first kappa shape index (κ1) is 12.4. The fraction of sp³-hybridized carbons (Fsp3) is 0.467. The Morgan fingerprint density at radius 1 is 1.32 bits per heavy atom. The van der Waals surface area contributed by atoms with Gasteiger partial charge < -0.3 is 10.3 Å². The summed E-state index contributed by atoms with van der Waals surface area (Å²) in [4.78, 5) is 4.56. The third kappa shape index (κ3) is 1.96. The van der Waals surface area contributed by atoms with Crippen molar-refractivity contribution in [2.75, 3.05) is 0 Å². The van der Waals surface area contributed by atoms with Gasteiger partial charge >= 0.3 is 0 Å². The van der Waals surface area contributed by atoms with Crippen LogP contribution in [0, 0.1) is 0 Å². The maximum absolute atomic E-state index is 6.16. The van der Waals surface area contributed by atoms with Crippen molar-refractivity contribution in [3.05, 3.63) is 47.6 Å². The highest BCUT2D eigenvalue weighted by atomic mass is 16.5. The fourth-order valence-electron chi connectivity index (χ4n) is 2.32. The second-order valence-corrected chi connectivity index (χ2v) is 5.64. The van der Waals surface area contributed by atoms with Gasteiger partial charge in [0.2, 0.25) is 5.89 Å². The Labute approximate surface area is 113 Å². The summed E-state index contributed by atoms with van der Waals surface area (Å²) in [6, 6.07) is 10.4. The van der Waals surface area contributed by atoms with Crippen LogP contribution in [0.4, 0.5) is 0 Å². The summed E-state index contributed by atoms with van der Waals surface area (Å²) in [5.74, 6) is 1.31. The first-order valence-electron chi connectivity index (χ1n) is 6.77. The van der Waals surface area contributed by atoms with Crippen LogP contribution in [0.5, 0.6) is 0 Å². The average molecular weight is 257 g/mol. The Morgan fingerprint density at radius 2 is 2.00 bits per heavy atom. The highest BCUT2D eigenvalue weighted by Gasteiger charge is 2.50. The molecule has 0 spiro atoms. The van der Waals surface area contributed by atoms with E-state index >= 15 is 0 Å². The van der Waals surface area contributed by atoms with E-state index in [9.17, 15) is 0 Å². The molecule has 1 aromatic carbocycles. The van der Waals surface area contributed by atoms with E-state index < -0.39 is 5.54 Å². The number of aromatic nitrogens is 2. The maximum atomic E-state index is 6.16. The quantitative estimate of drug-likeness (QED) is 0.914. The summed E-state index contributed by atoms with van der Waals surface area (Å²) in [5, 5.41) is 4.17. The van der Waals surface area contributed by atoms with E-state index in [0.29, 0.717) is 5.89 Å². The van der Waals surface area contributed by atoms with Crippen molar-refractivity contribution in [2.24, 2.45) is 5.73 Å². The van der Waals surface area contributed by atoms with E-state index in [-0.39, 0.29) is 5.41 Å². The fourth-order valence-corrected chi connectivity index (χ4v) is 2.32. The Balaban J connectivity index is 1.96. The minimum Gasteiger partial charge on any atom is -0.337 e. The summed E-state index contributed by atoms with van der Waals surface area (Å²) in [6.45, 7) is 3.94. The number of hydrogen-bond acceptors (Lipinski definition) is 4. The third-order valence-electron chi connectivity index (χ3n) is 4.15. The number of rotatable bonds is 4. The SMILES string of the molecule is CCC(C)(N)c1nc(C2(c3ccccc3)CC2)no1. The van der Waals surface area contributed by atoms with E-state index in [1.165, 1.54) is 5.56 Å². The lowest BCUT2D eigenvalue weighted by molar-refractivity contribution is 0.289. The molecule has 1 aliphatic carbocycles. The molecule has 0 aliphatic heterocycles. The van der Waals surface area contributed by atoms with Crippen LogP contribution in [-0.4, -0.2) is 10.1 Å². The van der Waals surface area contributed by atoms with Crippen molar-refractivity contribution in [1.82, 2.24) is 10.1 Å². The molecule has 4 nitrogen and oxygen atoms in total. The monoisotopic (exact) mass is 257 g/mol. The van der Waals surface area contributed by atoms with Crippen LogP contribution < -0.4 is 5.73 Å². The van der Waals surface area contributed by atoms with Gasteiger partial charge in [0.1, 0.15) is 0 Å². The van der Waals surface area contributed by atoms with Gasteiger partial charge in [0.15, 0.2) is 5.82 Å². The molecule has 0 saturated heterocycles. The van der Waals surface area contributed by atoms with Crippen LogP contribution >= 0.6 is 0 Å². The van der Waals surface area contributed by atoms with Gasteiger partial charge in [0.25, 0.3) is 0 Å². The van der Waals surface area contributed by atoms with Gasteiger partial charge in [0, 0.05) is 0 Å². The Kier molecular flexibility index (Phi) is 2.71. The number of hydrogen-bond donors (Lipinski definition) is 1. The van der Waals surface area contributed by atoms with Crippen LogP contribution in [-0.2, 0) is 11.0 Å². The molecule has 1 heterocycles. The molecule has 2 aromatic rings. The van der Waals surface area contributed by atoms with Crippen molar-refractivity contribution >= 4 is 0 Å². The van der Waals surface area contributed by atoms with Crippen LogP contribution in [0.3, 0.4) is 0 Å². The van der Waals surface area contributed by atoms with E-state index in [4.69, 9.17) is 10.3 Å². The molecule has 100 valence electrons. The zero-order valence-electron chi connectivity index (χ0n) is 11.4. The first-order chi connectivity index (χ1) is 9.08. The van der Waals surface area contributed by atoms with Crippen molar-refractivity contribution in [3.63, 3.8) is 0 Å². The molecule has 1 unspecified atom stereocenters. The normalized spacial score (nSPS) is 19.9. The highest BCUT2D eigenvalue weighted by molar-refractivity contribution is 5.38. The van der Waals surface area contributed by atoms with Crippen molar-refractivity contribution < 1.29 is 4.52 Å². The average Bonchev–Trinajstić information content (AvgIpc) is 3.09. The molecule has 1 atom stereocenters. The molecule has 1 fully saturated rings. The molecule has 1 aromatic heterocycles. The molecule has 0 amide bonds. The number of benzene rings is 1. The zero-order chi connectivity index (χ0) is 13.5. The minimum absolute atomic E-state index is 0.0488. The first-order valence-corrected chi connectivity index (χ1v) is 6.77. The van der Waals surface area contributed by atoms with E-state index in [0.717, 1.165) is 25.1 Å². The van der Waals surface area contributed by atoms with E-state index in [2.05, 4.69) is 34.4 Å². The molecule has 4 heteroatoms. The molecule has 0 bridgehead atoms. The van der Waals surface area contributed by atoms with Gasteiger partial charge in [-0.15, -0.1) is 0 Å².